The highest BCUT2D eigenvalue weighted by atomic mass is 35.5. The summed E-state index contributed by atoms with van der Waals surface area (Å²) in [6, 6.07) is 6.93. The van der Waals surface area contributed by atoms with Crippen LogP contribution in [0.3, 0.4) is 0 Å². The van der Waals surface area contributed by atoms with Gasteiger partial charge in [0.2, 0.25) is 0 Å². The predicted octanol–water partition coefficient (Wildman–Crippen LogP) is 4.51. The highest BCUT2D eigenvalue weighted by Gasteiger charge is 2.15. The lowest BCUT2D eigenvalue weighted by molar-refractivity contribution is 0.0464. The molecule has 0 aromatic heterocycles. The summed E-state index contributed by atoms with van der Waals surface area (Å²) in [7, 11) is 0. The number of carbonyl (C=O) groups is 1. The van der Waals surface area contributed by atoms with Crippen molar-refractivity contribution in [1.29, 1.82) is 0 Å². The minimum atomic E-state index is -0.382. The average Bonchev–Trinajstić information content (AvgIpc) is 2.38. The molecule has 0 aliphatic heterocycles. The minimum absolute atomic E-state index is 0.0159. The van der Waals surface area contributed by atoms with E-state index < -0.39 is 0 Å². The first kappa shape index (κ1) is 15.2. The van der Waals surface area contributed by atoms with Gasteiger partial charge in [-0.2, -0.15) is 0 Å². The van der Waals surface area contributed by atoms with E-state index in [1.165, 1.54) is 19.3 Å². The number of benzene rings is 1. The van der Waals surface area contributed by atoms with Crippen LogP contribution in [-0.4, -0.2) is 18.5 Å². The third kappa shape index (κ3) is 5.19. The van der Waals surface area contributed by atoms with Crippen LogP contribution in [0, 0.1) is 0 Å². The SMILES string of the molecule is CCCCCCOC(C)C(=O)c1ccc(Cl)cc1. The van der Waals surface area contributed by atoms with Gasteiger partial charge in [0.25, 0.3) is 0 Å². The molecular weight excluding hydrogens is 248 g/mol. The van der Waals surface area contributed by atoms with Crippen LogP contribution in [0.2, 0.25) is 5.02 Å². The van der Waals surface area contributed by atoms with Gasteiger partial charge in [0, 0.05) is 17.2 Å². The van der Waals surface area contributed by atoms with Crippen LogP contribution in [-0.2, 0) is 4.74 Å². The normalized spacial score (nSPS) is 12.4. The van der Waals surface area contributed by atoms with E-state index in [9.17, 15) is 4.79 Å². The van der Waals surface area contributed by atoms with Crippen LogP contribution in [0.4, 0.5) is 0 Å². The second-order valence-corrected chi connectivity index (χ2v) is 4.88. The Bertz CT molecular complexity index is 359. The molecule has 1 aromatic rings. The standard InChI is InChI=1S/C15H21ClO2/c1-3-4-5-6-11-18-12(2)15(17)13-7-9-14(16)10-8-13/h7-10,12H,3-6,11H2,1-2H3. The van der Waals surface area contributed by atoms with Gasteiger partial charge in [0.1, 0.15) is 6.10 Å². The molecule has 0 aliphatic rings. The van der Waals surface area contributed by atoms with Gasteiger partial charge in [-0.05, 0) is 37.6 Å². The van der Waals surface area contributed by atoms with Gasteiger partial charge in [-0.15, -0.1) is 0 Å². The Hall–Kier alpha value is -0.860. The summed E-state index contributed by atoms with van der Waals surface area (Å²) < 4.78 is 5.55. The second kappa shape index (κ2) is 8.28. The summed E-state index contributed by atoms with van der Waals surface area (Å²) in [5, 5.41) is 0.639. The maximum atomic E-state index is 12.0. The molecule has 0 heterocycles. The van der Waals surface area contributed by atoms with Gasteiger partial charge in [-0.3, -0.25) is 4.79 Å². The van der Waals surface area contributed by atoms with Crippen LogP contribution >= 0.6 is 11.6 Å². The third-order valence-electron chi connectivity index (χ3n) is 2.86. The van der Waals surface area contributed by atoms with Crippen molar-refractivity contribution in [1.82, 2.24) is 0 Å². The van der Waals surface area contributed by atoms with Crippen molar-refractivity contribution in [3.05, 3.63) is 34.9 Å². The summed E-state index contributed by atoms with van der Waals surface area (Å²) in [5.74, 6) is 0.0159. The van der Waals surface area contributed by atoms with Gasteiger partial charge in [0.15, 0.2) is 5.78 Å². The number of unbranched alkanes of at least 4 members (excludes halogenated alkanes) is 3. The zero-order valence-corrected chi connectivity index (χ0v) is 11.9. The summed E-state index contributed by atoms with van der Waals surface area (Å²) in [5.41, 5.74) is 0.653. The van der Waals surface area contributed by atoms with E-state index in [4.69, 9.17) is 16.3 Å². The lowest BCUT2D eigenvalue weighted by atomic mass is 10.1. The Morgan fingerprint density at radius 1 is 1.22 bits per heavy atom. The average molecular weight is 269 g/mol. The van der Waals surface area contributed by atoms with Crippen molar-refractivity contribution in [2.45, 2.75) is 45.6 Å². The smallest absolute Gasteiger partial charge is 0.191 e. The molecule has 0 radical (unpaired) electrons. The highest BCUT2D eigenvalue weighted by molar-refractivity contribution is 6.30. The van der Waals surface area contributed by atoms with E-state index >= 15 is 0 Å². The maximum Gasteiger partial charge on any atom is 0.191 e. The maximum absolute atomic E-state index is 12.0. The molecule has 0 N–H and O–H groups in total. The molecule has 18 heavy (non-hydrogen) atoms. The number of ketones is 1. The number of ether oxygens (including phenoxy) is 1. The van der Waals surface area contributed by atoms with Crippen molar-refractivity contribution in [3.63, 3.8) is 0 Å². The third-order valence-corrected chi connectivity index (χ3v) is 3.12. The molecule has 3 heteroatoms. The quantitative estimate of drug-likeness (QED) is 0.512. The van der Waals surface area contributed by atoms with Gasteiger partial charge in [-0.25, -0.2) is 0 Å². The molecule has 0 saturated heterocycles. The van der Waals surface area contributed by atoms with Gasteiger partial charge in [0.05, 0.1) is 0 Å². The largest absolute Gasteiger partial charge is 0.370 e. The number of rotatable bonds is 8. The lowest BCUT2D eigenvalue weighted by Gasteiger charge is -2.12. The monoisotopic (exact) mass is 268 g/mol. The van der Waals surface area contributed by atoms with Crippen molar-refractivity contribution in [2.24, 2.45) is 0 Å². The van der Waals surface area contributed by atoms with Crippen LogP contribution in [0.15, 0.2) is 24.3 Å². The molecule has 0 saturated carbocycles. The molecule has 0 aliphatic carbocycles. The molecule has 2 nitrogen and oxygen atoms in total. The zero-order valence-electron chi connectivity index (χ0n) is 11.1. The number of carbonyl (C=O) groups excluding carboxylic acids is 1. The van der Waals surface area contributed by atoms with E-state index in [1.807, 2.05) is 0 Å². The van der Waals surface area contributed by atoms with E-state index in [-0.39, 0.29) is 11.9 Å². The van der Waals surface area contributed by atoms with Crippen LogP contribution in [0.5, 0.6) is 0 Å². The fourth-order valence-electron chi connectivity index (χ4n) is 1.71. The van der Waals surface area contributed by atoms with E-state index in [0.717, 1.165) is 6.42 Å². The fraction of sp³-hybridized carbons (Fsp3) is 0.533. The Morgan fingerprint density at radius 3 is 2.50 bits per heavy atom. The number of halogens is 1. The molecule has 0 spiro atoms. The lowest BCUT2D eigenvalue weighted by Crippen LogP contribution is -2.21. The molecule has 1 unspecified atom stereocenters. The Kier molecular flexibility index (Phi) is 6.99. The summed E-state index contributed by atoms with van der Waals surface area (Å²) in [6.45, 7) is 4.63. The first-order chi connectivity index (χ1) is 8.65. The predicted molar refractivity (Wildman–Crippen MR) is 75.3 cm³/mol. The van der Waals surface area contributed by atoms with Crippen LogP contribution in [0.1, 0.15) is 49.9 Å². The minimum Gasteiger partial charge on any atom is -0.370 e. The molecular formula is C15H21ClO2. The molecule has 0 bridgehead atoms. The van der Waals surface area contributed by atoms with Gasteiger partial charge in [-0.1, -0.05) is 37.8 Å². The van der Waals surface area contributed by atoms with Crippen molar-refractivity contribution >= 4 is 17.4 Å². The second-order valence-electron chi connectivity index (χ2n) is 4.44. The Labute approximate surface area is 114 Å². The summed E-state index contributed by atoms with van der Waals surface area (Å²) in [6.07, 6.45) is 4.24. The van der Waals surface area contributed by atoms with Gasteiger partial charge < -0.3 is 4.74 Å². The molecule has 0 fully saturated rings. The number of hydrogen-bond acceptors (Lipinski definition) is 2. The Morgan fingerprint density at radius 2 is 1.89 bits per heavy atom. The van der Waals surface area contributed by atoms with E-state index in [2.05, 4.69) is 6.92 Å². The Balaban J connectivity index is 2.34. The van der Waals surface area contributed by atoms with Crippen molar-refractivity contribution in [3.8, 4) is 0 Å². The fourth-order valence-corrected chi connectivity index (χ4v) is 1.84. The van der Waals surface area contributed by atoms with Crippen LogP contribution in [0.25, 0.3) is 0 Å². The molecule has 1 atom stereocenters. The molecule has 1 aromatic carbocycles. The first-order valence-corrected chi connectivity index (χ1v) is 6.94. The molecule has 0 amide bonds. The topological polar surface area (TPSA) is 26.3 Å². The van der Waals surface area contributed by atoms with Crippen LogP contribution < -0.4 is 0 Å². The van der Waals surface area contributed by atoms with E-state index in [1.54, 1.807) is 31.2 Å². The zero-order chi connectivity index (χ0) is 13.4. The number of hydrogen-bond donors (Lipinski definition) is 0. The van der Waals surface area contributed by atoms with Crippen molar-refractivity contribution < 1.29 is 9.53 Å². The summed E-state index contributed by atoms with van der Waals surface area (Å²) in [4.78, 5) is 12.0. The van der Waals surface area contributed by atoms with Crippen molar-refractivity contribution in [2.75, 3.05) is 6.61 Å². The van der Waals surface area contributed by atoms with Gasteiger partial charge >= 0.3 is 0 Å². The number of Topliss-reactive ketones (excluding diaryl/α,β-unsaturated/α-hetero) is 1. The first-order valence-electron chi connectivity index (χ1n) is 6.56. The van der Waals surface area contributed by atoms with E-state index in [0.29, 0.717) is 17.2 Å². The summed E-state index contributed by atoms with van der Waals surface area (Å²) >= 11 is 5.79. The highest BCUT2D eigenvalue weighted by Crippen LogP contribution is 2.12. The molecule has 100 valence electrons. The molecule has 1 rings (SSSR count).